The topological polar surface area (TPSA) is 99.7 Å². The van der Waals surface area contributed by atoms with Gasteiger partial charge < -0.3 is 10.2 Å². The smallest absolute Gasteiger partial charge is 0.255 e. The number of sulfonamides is 1. The van der Waals surface area contributed by atoms with Crippen LogP contribution in [-0.4, -0.2) is 60.6 Å². The first-order valence-corrected chi connectivity index (χ1v) is 13.0. The number of benzene rings is 1. The molecule has 0 spiro atoms. The molecule has 2 aliphatic heterocycles. The first-order valence-electron chi connectivity index (χ1n) is 11.2. The van der Waals surface area contributed by atoms with E-state index < -0.39 is 10.0 Å². The largest absolute Gasteiger partial charge is 0.339 e. The van der Waals surface area contributed by atoms with Gasteiger partial charge in [0.05, 0.1) is 11.3 Å². The predicted octanol–water partition coefficient (Wildman–Crippen LogP) is 3.40. The number of piperidine rings is 2. The fourth-order valence-corrected chi connectivity index (χ4v) is 6.24. The number of rotatable bonds is 5. The number of nitrogens with zero attached hydrogens (tertiary/aromatic N) is 3. The van der Waals surface area contributed by atoms with Crippen molar-refractivity contribution in [3.8, 4) is 0 Å². The van der Waals surface area contributed by atoms with Crippen molar-refractivity contribution in [2.24, 2.45) is 5.92 Å². The number of nitrogens with one attached hydrogen (secondary N) is 1. The average Bonchev–Trinajstić information content (AvgIpc) is 2.84. The van der Waals surface area contributed by atoms with E-state index in [1.807, 2.05) is 4.90 Å². The summed E-state index contributed by atoms with van der Waals surface area (Å²) in [5, 5.41) is 2.85. The van der Waals surface area contributed by atoms with Gasteiger partial charge in [0.15, 0.2) is 0 Å². The Kier molecular flexibility index (Phi) is 7.31. The van der Waals surface area contributed by atoms with Crippen molar-refractivity contribution in [1.29, 1.82) is 0 Å². The van der Waals surface area contributed by atoms with Gasteiger partial charge in [-0.05, 0) is 56.4 Å². The van der Waals surface area contributed by atoms with Crippen molar-refractivity contribution < 1.29 is 18.0 Å². The van der Waals surface area contributed by atoms with Gasteiger partial charge in [0.1, 0.15) is 10.0 Å². The van der Waals surface area contributed by atoms with E-state index in [2.05, 4.69) is 10.3 Å². The van der Waals surface area contributed by atoms with Crippen molar-refractivity contribution in [2.45, 2.75) is 37.0 Å². The molecule has 2 saturated heterocycles. The monoisotopic (exact) mass is 490 g/mol. The van der Waals surface area contributed by atoms with Gasteiger partial charge in [-0.2, -0.15) is 4.31 Å². The van der Waals surface area contributed by atoms with E-state index in [0.717, 1.165) is 32.4 Å². The zero-order valence-corrected chi connectivity index (χ0v) is 19.8. The number of halogens is 1. The van der Waals surface area contributed by atoms with Crippen LogP contribution in [0.5, 0.6) is 0 Å². The minimum Gasteiger partial charge on any atom is -0.339 e. The van der Waals surface area contributed by atoms with Gasteiger partial charge in [-0.1, -0.05) is 23.7 Å². The molecule has 8 nitrogen and oxygen atoms in total. The highest BCUT2D eigenvalue weighted by atomic mass is 35.5. The number of carbonyl (C=O) groups is 2. The number of pyridine rings is 1. The van der Waals surface area contributed by atoms with Crippen LogP contribution in [0.2, 0.25) is 5.15 Å². The van der Waals surface area contributed by atoms with E-state index in [-0.39, 0.29) is 40.9 Å². The molecule has 0 saturated carbocycles. The summed E-state index contributed by atoms with van der Waals surface area (Å²) >= 11 is 5.98. The summed E-state index contributed by atoms with van der Waals surface area (Å²) in [6.45, 7) is 1.88. The molecule has 10 heteroatoms. The Hall–Kier alpha value is -2.49. The first kappa shape index (κ1) is 23.7. The fourth-order valence-electron chi connectivity index (χ4n) is 4.34. The van der Waals surface area contributed by atoms with Gasteiger partial charge in [0.2, 0.25) is 15.9 Å². The van der Waals surface area contributed by atoms with E-state index in [4.69, 9.17) is 11.6 Å². The number of para-hydroxylation sites is 1. The number of anilines is 1. The molecule has 1 N–H and O–H groups in total. The summed E-state index contributed by atoms with van der Waals surface area (Å²) in [7, 11) is -3.77. The Labute approximate surface area is 199 Å². The highest BCUT2D eigenvalue weighted by Crippen LogP contribution is 2.28. The van der Waals surface area contributed by atoms with Crippen molar-refractivity contribution in [3.05, 3.63) is 53.3 Å². The van der Waals surface area contributed by atoms with Gasteiger partial charge in [0, 0.05) is 38.3 Å². The first-order chi connectivity index (χ1) is 15.9. The number of hydrogen-bond acceptors (Lipinski definition) is 5. The average molecular weight is 491 g/mol. The molecule has 1 aromatic carbocycles. The molecule has 2 fully saturated rings. The van der Waals surface area contributed by atoms with E-state index in [1.165, 1.54) is 22.6 Å². The van der Waals surface area contributed by atoms with Crippen LogP contribution in [0.1, 0.15) is 42.5 Å². The Morgan fingerprint density at radius 3 is 2.36 bits per heavy atom. The van der Waals surface area contributed by atoms with Gasteiger partial charge in [-0.3, -0.25) is 9.59 Å². The lowest BCUT2D eigenvalue weighted by Gasteiger charge is -2.31. The standard InChI is InChI=1S/C23H27ClN4O4S/c24-21-20(9-6-12-25-21)33(31,32)28-15-10-17(11-16-28)22(29)26-19-8-3-2-7-18(19)23(30)27-13-4-1-5-14-27/h2-3,6-9,12,17H,1,4-5,10-11,13-16H2,(H,26,29). The highest BCUT2D eigenvalue weighted by molar-refractivity contribution is 7.89. The molecule has 0 radical (unpaired) electrons. The van der Waals surface area contributed by atoms with Crippen molar-refractivity contribution in [2.75, 3.05) is 31.5 Å². The molecule has 2 aromatic rings. The Morgan fingerprint density at radius 1 is 0.970 bits per heavy atom. The van der Waals surface area contributed by atoms with Gasteiger partial charge in [0.25, 0.3) is 5.91 Å². The van der Waals surface area contributed by atoms with Crippen LogP contribution >= 0.6 is 11.6 Å². The molecule has 33 heavy (non-hydrogen) atoms. The van der Waals surface area contributed by atoms with Crippen LogP contribution in [0.15, 0.2) is 47.5 Å². The predicted molar refractivity (Wildman–Crippen MR) is 126 cm³/mol. The third-order valence-corrected chi connectivity index (χ3v) is 8.57. The number of hydrogen-bond donors (Lipinski definition) is 1. The SMILES string of the molecule is O=C(Nc1ccccc1C(=O)N1CCCCC1)C1CCN(S(=O)(=O)c2cccnc2Cl)CC1. The number of likely N-dealkylation sites (tertiary alicyclic amines) is 1. The number of aromatic nitrogens is 1. The van der Waals surface area contributed by atoms with Gasteiger partial charge in [-0.15, -0.1) is 0 Å². The number of carbonyl (C=O) groups excluding carboxylic acids is 2. The van der Waals surface area contributed by atoms with Crippen molar-refractivity contribution in [1.82, 2.24) is 14.2 Å². The second-order valence-corrected chi connectivity index (χ2v) is 10.6. The molecule has 0 atom stereocenters. The Bertz CT molecular complexity index is 1130. The third-order valence-electron chi connectivity index (χ3n) is 6.23. The normalized spacial score (nSPS) is 18.2. The van der Waals surface area contributed by atoms with Crippen LogP contribution in [0.3, 0.4) is 0 Å². The summed E-state index contributed by atoms with van der Waals surface area (Å²) in [6, 6.07) is 10.0. The molecular formula is C23H27ClN4O4S. The highest BCUT2D eigenvalue weighted by Gasteiger charge is 2.34. The van der Waals surface area contributed by atoms with E-state index in [1.54, 1.807) is 24.3 Å². The van der Waals surface area contributed by atoms with Crippen LogP contribution in [0, 0.1) is 5.92 Å². The van der Waals surface area contributed by atoms with E-state index in [0.29, 0.717) is 24.1 Å². The molecule has 0 bridgehead atoms. The maximum absolute atomic E-state index is 13.0. The lowest BCUT2D eigenvalue weighted by Crippen LogP contribution is -2.41. The molecule has 4 rings (SSSR count). The molecule has 1 aromatic heterocycles. The molecule has 0 unspecified atom stereocenters. The summed E-state index contributed by atoms with van der Waals surface area (Å²) in [5.74, 6) is -0.621. The van der Waals surface area contributed by atoms with E-state index in [9.17, 15) is 18.0 Å². The van der Waals surface area contributed by atoms with Crippen LogP contribution < -0.4 is 5.32 Å². The summed E-state index contributed by atoms with van der Waals surface area (Å²) in [4.78, 5) is 31.6. The van der Waals surface area contributed by atoms with E-state index >= 15 is 0 Å². The zero-order chi connectivity index (χ0) is 23.4. The second-order valence-electron chi connectivity index (χ2n) is 8.36. The Morgan fingerprint density at radius 2 is 1.67 bits per heavy atom. The van der Waals surface area contributed by atoms with Crippen molar-refractivity contribution in [3.63, 3.8) is 0 Å². The molecule has 0 aliphatic carbocycles. The second kappa shape index (κ2) is 10.2. The molecule has 2 aliphatic rings. The van der Waals surface area contributed by atoms with Gasteiger partial charge in [-0.25, -0.2) is 13.4 Å². The van der Waals surface area contributed by atoms with Crippen molar-refractivity contribution >= 4 is 39.1 Å². The molecule has 3 heterocycles. The lowest BCUT2D eigenvalue weighted by atomic mass is 9.97. The Balaban J connectivity index is 1.40. The third kappa shape index (κ3) is 5.20. The summed E-state index contributed by atoms with van der Waals surface area (Å²) < 4.78 is 27.1. The fraction of sp³-hybridized carbons (Fsp3) is 0.435. The van der Waals surface area contributed by atoms with Crippen LogP contribution in [0.4, 0.5) is 5.69 Å². The van der Waals surface area contributed by atoms with Gasteiger partial charge >= 0.3 is 0 Å². The minimum absolute atomic E-state index is 0.0280. The number of amides is 2. The van der Waals surface area contributed by atoms with Crippen LogP contribution in [-0.2, 0) is 14.8 Å². The summed E-state index contributed by atoms with van der Waals surface area (Å²) in [6.07, 6.45) is 5.31. The quantitative estimate of drug-likeness (QED) is 0.647. The minimum atomic E-state index is -3.77. The zero-order valence-electron chi connectivity index (χ0n) is 18.2. The lowest BCUT2D eigenvalue weighted by molar-refractivity contribution is -0.120. The maximum Gasteiger partial charge on any atom is 0.255 e. The molecular weight excluding hydrogens is 464 g/mol. The molecule has 176 valence electrons. The maximum atomic E-state index is 13.0. The summed E-state index contributed by atoms with van der Waals surface area (Å²) in [5.41, 5.74) is 0.981. The van der Waals surface area contributed by atoms with Crippen LogP contribution in [0.25, 0.3) is 0 Å². The molecule has 2 amide bonds.